The number of esters is 1. The first-order valence-electron chi connectivity index (χ1n) is 10.3. The van der Waals surface area contributed by atoms with Crippen molar-refractivity contribution in [2.45, 2.75) is 58.8 Å². The van der Waals surface area contributed by atoms with E-state index in [-0.39, 0.29) is 23.1 Å². The number of carbonyl (C=O) groups excluding carboxylic acids is 2. The summed E-state index contributed by atoms with van der Waals surface area (Å²) in [4.78, 5) is 28.5. The van der Waals surface area contributed by atoms with Gasteiger partial charge in [0.25, 0.3) is 0 Å². The van der Waals surface area contributed by atoms with Gasteiger partial charge in [-0.1, -0.05) is 52.0 Å². The zero-order chi connectivity index (χ0) is 21.2. The monoisotopic (exact) mass is 413 g/mol. The Kier molecular flexibility index (Phi) is 6.57. The molecule has 0 bridgehead atoms. The maximum atomic E-state index is 12.9. The van der Waals surface area contributed by atoms with E-state index in [2.05, 4.69) is 56.9 Å². The number of rotatable bonds is 6. The number of thioether (sulfide) groups is 1. The summed E-state index contributed by atoms with van der Waals surface area (Å²) in [6.45, 7) is 10.9. The van der Waals surface area contributed by atoms with E-state index in [1.807, 2.05) is 6.92 Å². The Balaban J connectivity index is 1.78. The molecule has 0 unspecified atom stereocenters. The van der Waals surface area contributed by atoms with E-state index in [0.29, 0.717) is 24.3 Å². The Bertz CT molecular complexity index is 890. The number of ketones is 1. The molecule has 1 aromatic heterocycles. The zero-order valence-corrected chi connectivity index (χ0v) is 18.9. The van der Waals surface area contributed by atoms with Crippen molar-refractivity contribution < 1.29 is 14.3 Å². The molecular formula is C24H31NO3S. The molecule has 1 aromatic carbocycles. The van der Waals surface area contributed by atoms with Gasteiger partial charge in [0.2, 0.25) is 0 Å². The van der Waals surface area contributed by atoms with Crippen LogP contribution in [0.15, 0.2) is 24.3 Å². The van der Waals surface area contributed by atoms with Gasteiger partial charge in [-0.3, -0.25) is 4.79 Å². The third-order valence-corrected chi connectivity index (χ3v) is 6.47. The SMILES string of the molecule is CCSCCOC(=O)c1[nH]c2c(c1C)C(=O)C[C@H](c1ccc(C(C)(C)C)cc1)C2. The second-order valence-corrected chi connectivity index (χ2v) is 10.1. The van der Waals surface area contributed by atoms with Crippen LogP contribution in [0.5, 0.6) is 0 Å². The van der Waals surface area contributed by atoms with Crippen LogP contribution >= 0.6 is 11.8 Å². The van der Waals surface area contributed by atoms with Crippen molar-refractivity contribution in [2.75, 3.05) is 18.1 Å². The maximum Gasteiger partial charge on any atom is 0.355 e. The minimum absolute atomic E-state index is 0.102. The summed E-state index contributed by atoms with van der Waals surface area (Å²) in [6.07, 6.45) is 1.21. The lowest BCUT2D eigenvalue weighted by Gasteiger charge is -2.24. The van der Waals surface area contributed by atoms with Gasteiger partial charge in [-0.05, 0) is 47.1 Å². The Labute approximate surface area is 177 Å². The minimum atomic E-state index is -0.368. The molecule has 1 aliphatic carbocycles. The fraction of sp³-hybridized carbons (Fsp3) is 0.500. The quantitative estimate of drug-likeness (QED) is 0.506. The summed E-state index contributed by atoms with van der Waals surface area (Å²) < 4.78 is 5.38. The summed E-state index contributed by atoms with van der Waals surface area (Å²) in [5.74, 6) is 1.65. The number of ether oxygens (including phenoxy) is 1. The number of hydrogen-bond donors (Lipinski definition) is 1. The van der Waals surface area contributed by atoms with E-state index in [4.69, 9.17) is 4.74 Å². The average molecular weight is 414 g/mol. The van der Waals surface area contributed by atoms with Gasteiger partial charge < -0.3 is 9.72 Å². The Morgan fingerprint density at radius 1 is 1.21 bits per heavy atom. The first kappa shape index (κ1) is 21.7. The number of fused-ring (bicyclic) bond motifs is 1. The van der Waals surface area contributed by atoms with Crippen LogP contribution in [0.3, 0.4) is 0 Å². The van der Waals surface area contributed by atoms with Gasteiger partial charge in [0.1, 0.15) is 12.3 Å². The summed E-state index contributed by atoms with van der Waals surface area (Å²) in [6, 6.07) is 8.60. The molecule has 0 saturated carbocycles. The third kappa shape index (κ3) is 4.77. The Morgan fingerprint density at radius 2 is 1.90 bits per heavy atom. The number of carbonyl (C=O) groups is 2. The van der Waals surface area contributed by atoms with Crippen LogP contribution < -0.4 is 0 Å². The number of aromatic nitrogens is 1. The van der Waals surface area contributed by atoms with E-state index in [0.717, 1.165) is 29.2 Å². The molecule has 1 atom stereocenters. The summed E-state index contributed by atoms with van der Waals surface area (Å²) in [5.41, 5.74) is 5.25. The Hall–Kier alpha value is -2.01. The summed E-state index contributed by atoms with van der Waals surface area (Å²) >= 11 is 1.74. The fourth-order valence-electron chi connectivity index (χ4n) is 3.94. The molecule has 4 nitrogen and oxygen atoms in total. The Morgan fingerprint density at radius 3 is 2.52 bits per heavy atom. The van der Waals surface area contributed by atoms with E-state index in [1.165, 1.54) is 11.1 Å². The number of Topliss-reactive ketones (excluding diaryl/α,β-unsaturated/α-hetero) is 1. The number of nitrogens with one attached hydrogen (secondary N) is 1. The number of H-pyrrole nitrogens is 1. The molecule has 5 heteroatoms. The van der Waals surface area contributed by atoms with Gasteiger partial charge in [0.05, 0.1) is 0 Å². The van der Waals surface area contributed by atoms with Gasteiger partial charge >= 0.3 is 5.97 Å². The molecule has 3 rings (SSSR count). The molecule has 1 N–H and O–H groups in total. The van der Waals surface area contributed by atoms with Crippen LogP contribution in [0.4, 0.5) is 0 Å². The molecule has 0 radical (unpaired) electrons. The van der Waals surface area contributed by atoms with Crippen molar-refractivity contribution in [1.29, 1.82) is 0 Å². The van der Waals surface area contributed by atoms with Gasteiger partial charge in [-0.2, -0.15) is 11.8 Å². The van der Waals surface area contributed by atoms with E-state index in [9.17, 15) is 9.59 Å². The molecule has 0 saturated heterocycles. The molecule has 0 spiro atoms. The maximum absolute atomic E-state index is 12.9. The van der Waals surface area contributed by atoms with Gasteiger partial charge in [0, 0.05) is 23.4 Å². The highest BCUT2D eigenvalue weighted by Crippen LogP contribution is 2.36. The molecular weight excluding hydrogens is 382 g/mol. The number of hydrogen-bond acceptors (Lipinski definition) is 4. The van der Waals surface area contributed by atoms with E-state index >= 15 is 0 Å². The molecule has 156 valence electrons. The van der Waals surface area contributed by atoms with E-state index in [1.54, 1.807) is 11.8 Å². The lowest BCUT2D eigenvalue weighted by atomic mass is 9.80. The second kappa shape index (κ2) is 8.78. The molecule has 2 aromatic rings. The van der Waals surface area contributed by atoms with E-state index < -0.39 is 0 Å². The highest BCUT2D eigenvalue weighted by atomic mass is 32.2. The second-order valence-electron chi connectivity index (χ2n) is 8.71. The predicted molar refractivity (Wildman–Crippen MR) is 119 cm³/mol. The average Bonchev–Trinajstić information content (AvgIpc) is 3.01. The first-order valence-corrected chi connectivity index (χ1v) is 11.5. The highest BCUT2D eigenvalue weighted by molar-refractivity contribution is 7.99. The van der Waals surface area contributed by atoms with Crippen molar-refractivity contribution in [3.8, 4) is 0 Å². The largest absolute Gasteiger partial charge is 0.460 e. The van der Waals surface area contributed by atoms with Gasteiger partial charge in [-0.25, -0.2) is 4.79 Å². The van der Waals surface area contributed by atoms with Crippen LogP contribution in [-0.4, -0.2) is 34.8 Å². The standard InChI is InChI=1S/C24H31NO3S/c1-6-29-12-11-28-23(27)22-15(2)21-19(25-22)13-17(14-20(21)26)16-7-9-18(10-8-16)24(3,4)5/h7-10,17,25H,6,11-14H2,1-5H3/t17-/m1/s1. The van der Waals surface area contributed by atoms with Crippen LogP contribution in [-0.2, 0) is 16.6 Å². The lowest BCUT2D eigenvalue weighted by molar-refractivity contribution is 0.0523. The number of aromatic amines is 1. The molecule has 0 fully saturated rings. The third-order valence-electron chi connectivity index (χ3n) is 5.61. The smallest absolute Gasteiger partial charge is 0.355 e. The predicted octanol–water partition coefficient (Wildman–Crippen LogP) is 5.44. The van der Waals surface area contributed by atoms with Crippen molar-refractivity contribution in [3.05, 3.63) is 57.9 Å². The van der Waals surface area contributed by atoms with Crippen molar-refractivity contribution in [2.24, 2.45) is 0 Å². The molecule has 0 amide bonds. The normalized spacial score (nSPS) is 16.6. The first-order chi connectivity index (χ1) is 13.7. The molecule has 29 heavy (non-hydrogen) atoms. The van der Waals surface area contributed by atoms with Crippen molar-refractivity contribution in [3.63, 3.8) is 0 Å². The summed E-state index contributed by atoms with van der Waals surface area (Å²) in [7, 11) is 0. The topological polar surface area (TPSA) is 59.2 Å². The van der Waals surface area contributed by atoms with Gasteiger partial charge in [0.15, 0.2) is 5.78 Å². The van der Waals surface area contributed by atoms with Crippen LogP contribution in [0.1, 0.15) is 83.3 Å². The molecule has 0 aliphatic heterocycles. The van der Waals surface area contributed by atoms with Crippen LogP contribution in [0, 0.1) is 6.92 Å². The highest BCUT2D eigenvalue weighted by Gasteiger charge is 2.32. The molecule has 1 heterocycles. The van der Waals surface area contributed by atoms with Crippen molar-refractivity contribution >= 4 is 23.5 Å². The lowest BCUT2D eigenvalue weighted by Crippen LogP contribution is -2.19. The minimum Gasteiger partial charge on any atom is -0.460 e. The van der Waals surface area contributed by atoms with Crippen LogP contribution in [0.25, 0.3) is 0 Å². The van der Waals surface area contributed by atoms with Crippen molar-refractivity contribution in [1.82, 2.24) is 4.98 Å². The summed E-state index contributed by atoms with van der Waals surface area (Å²) in [5, 5.41) is 0. The van der Waals surface area contributed by atoms with Crippen LogP contribution in [0.2, 0.25) is 0 Å². The zero-order valence-electron chi connectivity index (χ0n) is 18.1. The fourth-order valence-corrected chi connectivity index (χ4v) is 4.43. The van der Waals surface area contributed by atoms with Gasteiger partial charge in [-0.15, -0.1) is 0 Å². The molecule has 1 aliphatic rings. The number of benzene rings is 1.